The summed E-state index contributed by atoms with van der Waals surface area (Å²) in [5.41, 5.74) is 1.22. The van der Waals surface area contributed by atoms with E-state index in [9.17, 15) is 8.42 Å². The molecule has 2 bridgehead atoms. The molecule has 1 aromatic carbocycles. The highest BCUT2D eigenvalue weighted by atomic mass is 32.2. The van der Waals surface area contributed by atoms with Crippen LogP contribution in [-0.2, 0) is 10.1 Å². The summed E-state index contributed by atoms with van der Waals surface area (Å²) in [5, 5.41) is -0.287. The first-order valence-electron chi connectivity index (χ1n) is 8.03. The second kappa shape index (κ2) is 5.64. The summed E-state index contributed by atoms with van der Waals surface area (Å²) in [7, 11) is -3.48. The van der Waals surface area contributed by atoms with Crippen LogP contribution in [0.3, 0.4) is 0 Å². The van der Waals surface area contributed by atoms with Crippen LogP contribution in [-0.4, -0.2) is 13.7 Å². The standard InChI is InChI=1S/C17H24O3S/c1-3-12(2)14-6-8-16(9-7-14)20-21(18,19)17-11-13-4-5-15(17)10-13/h6-9,12-13,15,17H,3-5,10-11H2,1-2H3. The number of fused-ring (bicyclic) bond motifs is 2. The lowest BCUT2D eigenvalue weighted by Gasteiger charge is -2.21. The Hall–Kier alpha value is -1.03. The first kappa shape index (κ1) is 14.9. The third-order valence-electron chi connectivity index (χ3n) is 5.32. The molecule has 3 rings (SSSR count). The molecule has 0 heterocycles. The highest BCUT2D eigenvalue weighted by Crippen LogP contribution is 2.47. The highest BCUT2D eigenvalue weighted by molar-refractivity contribution is 7.87. The molecule has 116 valence electrons. The van der Waals surface area contributed by atoms with Crippen LogP contribution in [0.15, 0.2) is 24.3 Å². The summed E-state index contributed by atoms with van der Waals surface area (Å²) < 4.78 is 30.3. The van der Waals surface area contributed by atoms with Gasteiger partial charge in [0, 0.05) is 0 Å². The van der Waals surface area contributed by atoms with E-state index in [0.29, 0.717) is 23.5 Å². The van der Waals surface area contributed by atoms with Gasteiger partial charge in [0.05, 0.1) is 0 Å². The largest absolute Gasteiger partial charge is 0.382 e. The lowest BCUT2D eigenvalue weighted by Crippen LogP contribution is -2.30. The quantitative estimate of drug-likeness (QED) is 0.769. The molecular formula is C17H24O3S. The minimum atomic E-state index is -3.48. The molecule has 2 fully saturated rings. The Labute approximate surface area is 127 Å². The van der Waals surface area contributed by atoms with Crippen molar-refractivity contribution in [3.05, 3.63) is 29.8 Å². The fourth-order valence-electron chi connectivity index (χ4n) is 3.82. The Morgan fingerprint density at radius 3 is 2.43 bits per heavy atom. The summed E-state index contributed by atoms with van der Waals surface area (Å²) in [6, 6.07) is 7.51. The number of hydrogen-bond donors (Lipinski definition) is 0. The van der Waals surface area contributed by atoms with Crippen molar-refractivity contribution in [3.8, 4) is 5.75 Å². The zero-order valence-electron chi connectivity index (χ0n) is 12.8. The summed E-state index contributed by atoms with van der Waals surface area (Å²) in [5.74, 6) is 1.86. The number of rotatable bonds is 5. The highest BCUT2D eigenvalue weighted by Gasteiger charge is 2.47. The molecule has 0 radical (unpaired) electrons. The van der Waals surface area contributed by atoms with Gasteiger partial charge in [-0.3, -0.25) is 0 Å². The first-order chi connectivity index (χ1) is 9.99. The van der Waals surface area contributed by atoms with E-state index >= 15 is 0 Å². The minimum Gasteiger partial charge on any atom is -0.382 e. The molecule has 2 aliphatic carbocycles. The van der Waals surface area contributed by atoms with Crippen LogP contribution in [0.25, 0.3) is 0 Å². The van der Waals surface area contributed by atoms with Gasteiger partial charge in [-0.2, -0.15) is 8.42 Å². The van der Waals surface area contributed by atoms with Crippen molar-refractivity contribution < 1.29 is 12.6 Å². The second-order valence-electron chi connectivity index (χ2n) is 6.67. The molecule has 21 heavy (non-hydrogen) atoms. The van der Waals surface area contributed by atoms with Gasteiger partial charge < -0.3 is 4.18 Å². The van der Waals surface area contributed by atoms with E-state index in [1.54, 1.807) is 12.1 Å². The molecule has 0 aromatic heterocycles. The number of hydrogen-bond acceptors (Lipinski definition) is 3. The van der Waals surface area contributed by atoms with Gasteiger partial charge in [0.2, 0.25) is 0 Å². The molecule has 4 heteroatoms. The molecule has 0 amide bonds. The summed E-state index contributed by atoms with van der Waals surface area (Å²) in [6.45, 7) is 4.32. The predicted octanol–water partition coefficient (Wildman–Crippen LogP) is 4.10. The van der Waals surface area contributed by atoms with Crippen molar-refractivity contribution in [2.24, 2.45) is 11.8 Å². The Morgan fingerprint density at radius 1 is 1.19 bits per heavy atom. The number of benzene rings is 1. The molecule has 2 aliphatic rings. The maximum Gasteiger partial charge on any atom is 0.312 e. The van der Waals surface area contributed by atoms with Crippen molar-refractivity contribution in [2.75, 3.05) is 0 Å². The minimum absolute atomic E-state index is 0.287. The molecule has 3 nitrogen and oxygen atoms in total. The molecule has 4 unspecified atom stereocenters. The fourth-order valence-corrected chi connectivity index (χ4v) is 5.55. The van der Waals surface area contributed by atoms with E-state index in [1.807, 2.05) is 12.1 Å². The molecular weight excluding hydrogens is 284 g/mol. The summed E-state index contributed by atoms with van der Waals surface area (Å²) in [4.78, 5) is 0. The van der Waals surface area contributed by atoms with E-state index in [0.717, 1.165) is 25.7 Å². The van der Waals surface area contributed by atoms with Gasteiger partial charge in [-0.15, -0.1) is 0 Å². The van der Waals surface area contributed by atoms with Crippen molar-refractivity contribution in [1.82, 2.24) is 0 Å². The molecule has 0 aliphatic heterocycles. The maximum atomic E-state index is 12.4. The van der Waals surface area contributed by atoms with E-state index in [1.165, 1.54) is 12.0 Å². The van der Waals surface area contributed by atoms with Crippen LogP contribution < -0.4 is 4.18 Å². The smallest absolute Gasteiger partial charge is 0.312 e. The van der Waals surface area contributed by atoms with Gasteiger partial charge >= 0.3 is 10.1 Å². The normalized spacial score (nSPS) is 29.5. The predicted molar refractivity (Wildman–Crippen MR) is 83.9 cm³/mol. The van der Waals surface area contributed by atoms with Gasteiger partial charge in [0.1, 0.15) is 11.0 Å². The molecule has 2 saturated carbocycles. The third kappa shape index (κ3) is 2.96. The monoisotopic (exact) mass is 308 g/mol. The molecule has 0 spiro atoms. The average molecular weight is 308 g/mol. The van der Waals surface area contributed by atoms with Crippen molar-refractivity contribution in [1.29, 1.82) is 0 Å². The Bertz CT molecular complexity index is 591. The second-order valence-corrected chi connectivity index (χ2v) is 8.43. The average Bonchev–Trinajstić information content (AvgIpc) is 3.10. The molecule has 1 aromatic rings. The topological polar surface area (TPSA) is 43.4 Å². The Morgan fingerprint density at radius 2 is 1.90 bits per heavy atom. The van der Waals surface area contributed by atoms with Crippen LogP contribution >= 0.6 is 0 Å². The third-order valence-corrected chi connectivity index (χ3v) is 7.06. The Kier molecular flexibility index (Phi) is 4.00. The van der Waals surface area contributed by atoms with Gasteiger partial charge in [-0.05, 0) is 61.1 Å². The maximum absolute atomic E-state index is 12.4. The van der Waals surface area contributed by atoms with E-state index in [2.05, 4.69) is 13.8 Å². The van der Waals surface area contributed by atoms with Gasteiger partial charge in [0.15, 0.2) is 0 Å². The van der Waals surface area contributed by atoms with Crippen molar-refractivity contribution >= 4 is 10.1 Å². The first-order valence-corrected chi connectivity index (χ1v) is 9.50. The van der Waals surface area contributed by atoms with Crippen molar-refractivity contribution in [3.63, 3.8) is 0 Å². The van der Waals surface area contributed by atoms with Crippen LogP contribution in [0.4, 0.5) is 0 Å². The summed E-state index contributed by atoms with van der Waals surface area (Å²) in [6.07, 6.45) is 5.17. The lowest BCUT2D eigenvalue weighted by atomic mass is 9.99. The molecule has 0 saturated heterocycles. The van der Waals surface area contributed by atoms with Gasteiger partial charge in [-0.25, -0.2) is 0 Å². The lowest BCUT2D eigenvalue weighted by molar-refractivity contribution is 0.418. The van der Waals surface area contributed by atoms with Crippen LogP contribution in [0.5, 0.6) is 5.75 Å². The van der Waals surface area contributed by atoms with Crippen LogP contribution in [0.2, 0.25) is 0 Å². The van der Waals surface area contributed by atoms with Crippen molar-refractivity contribution in [2.45, 2.75) is 57.1 Å². The zero-order valence-corrected chi connectivity index (χ0v) is 13.6. The van der Waals surface area contributed by atoms with E-state index in [4.69, 9.17) is 4.18 Å². The van der Waals surface area contributed by atoms with Gasteiger partial charge in [-0.1, -0.05) is 32.4 Å². The summed E-state index contributed by atoms with van der Waals surface area (Å²) >= 11 is 0. The van der Waals surface area contributed by atoms with Crippen LogP contribution in [0.1, 0.15) is 57.4 Å². The Balaban J connectivity index is 1.71. The van der Waals surface area contributed by atoms with Gasteiger partial charge in [0.25, 0.3) is 0 Å². The van der Waals surface area contributed by atoms with Crippen LogP contribution in [0, 0.1) is 11.8 Å². The molecule has 4 atom stereocenters. The SMILES string of the molecule is CCC(C)c1ccc(OS(=O)(=O)C2CC3CCC2C3)cc1. The van der Waals surface area contributed by atoms with E-state index in [-0.39, 0.29) is 5.25 Å². The fraction of sp³-hybridized carbons (Fsp3) is 0.647. The van der Waals surface area contributed by atoms with E-state index < -0.39 is 10.1 Å². The molecule has 0 N–H and O–H groups in total. The zero-order chi connectivity index (χ0) is 15.0.